The van der Waals surface area contributed by atoms with Gasteiger partial charge in [0.15, 0.2) is 0 Å². The summed E-state index contributed by atoms with van der Waals surface area (Å²) in [7, 11) is 0. The molecular weight excluding hydrogens is 479 g/mol. The Morgan fingerprint density at radius 2 is 1.51 bits per heavy atom. The van der Waals surface area contributed by atoms with Crippen molar-refractivity contribution in [3.05, 3.63) is 105 Å². The van der Waals surface area contributed by atoms with Crippen LogP contribution in [-0.4, -0.2) is 29.3 Å². The molecule has 0 fully saturated rings. The highest BCUT2D eigenvalue weighted by atomic mass is 35.5. The summed E-state index contributed by atoms with van der Waals surface area (Å²) >= 11 is 13.0. The lowest BCUT2D eigenvalue weighted by atomic mass is 10.0. The zero-order valence-corrected chi connectivity index (χ0v) is 21.9. The third-order valence-electron chi connectivity index (χ3n) is 5.78. The van der Waals surface area contributed by atoms with E-state index in [4.69, 9.17) is 23.2 Å². The summed E-state index contributed by atoms with van der Waals surface area (Å²) in [5.74, 6) is -0.0682. The molecule has 0 saturated carbocycles. The van der Waals surface area contributed by atoms with E-state index < -0.39 is 6.04 Å². The molecule has 1 N–H and O–H groups in total. The molecular formula is C29H32Cl2N2O2. The molecule has 3 rings (SSSR count). The lowest BCUT2D eigenvalue weighted by molar-refractivity contribution is -0.140. The van der Waals surface area contributed by atoms with Crippen molar-refractivity contribution in [1.29, 1.82) is 0 Å². The van der Waals surface area contributed by atoms with Gasteiger partial charge in [0, 0.05) is 35.1 Å². The second-order valence-electron chi connectivity index (χ2n) is 9.23. The molecule has 1 atom stereocenters. The van der Waals surface area contributed by atoms with Crippen LogP contribution in [0.5, 0.6) is 0 Å². The maximum absolute atomic E-state index is 13.8. The SMILES string of the molecule is Cc1cccc(CC(=O)N(Cc2c(Cl)cccc2Cl)C(Cc2ccccc2)C(=O)NCC(C)C)c1. The van der Waals surface area contributed by atoms with E-state index >= 15 is 0 Å². The molecule has 184 valence electrons. The van der Waals surface area contributed by atoms with E-state index in [2.05, 4.69) is 5.32 Å². The summed E-state index contributed by atoms with van der Waals surface area (Å²) in [6.07, 6.45) is 0.554. The van der Waals surface area contributed by atoms with Crippen molar-refractivity contribution in [1.82, 2.24) is 10.2 Å². The Bertz CT molecular complexity index is 1130. The van der Waals surface area contributed by atoms with Crippen molar-refractivity contribution in [2.75, 3.05) is 6.54 Å². The minimum atomic E-state index is -0.721. The fourth-order valence-corrected chi connectivity index (χ4v) is 4.45. The number of nitrogens with one attached hydrogen (secondary N) is 1. The van der Waals surface area contributed by atoms with Gasteiger partial charge in [-0.3, -0.25) is 9.59 Å². The summed E-state index contributed by atoms with van der Waals surface area (Å²) in [5.41, 5.74) is 3.57. The first-order valence-corrected chi connectivity index (χ1v) is 12.6. The molecule has 0 aliphatic rings. The molecule has 6 heteroatoms. The molecule has 0 saturated heterocycles. The van der Waals surface area contributed by atoms with Crippen LogP contribution in [-0.2, 0) is 29.0 Å². The molecule has 3 aromatic carbocycles. The maximum atomic E-state index is 13.8. The molecule has 0 bridgehead atoms. The second-order valence-corrected chi connectivity index (χ2v) is 10.0. The van der Waals surface area contributed by atoms with Crippen LogP contribution >= 0.6 is 23.2 Å². The summed E-state index contributed by atoms with van der Waals surface area (Å²) < 4.78 is 0. The average molecular weight is 511 g/mol. The molecule has 1 unspecified atom stereocenters. The minimum Gasteiger partial charge on any atom is -0.354 e. The summed E-state index contributed by atoms with van der Waals surface area (Å²) in [6, 6.07) is 22.1. The van der Waals surface area contributed by atoms with Crippen LogP contribution in [0.3, 0.4) is 0 Å². The Labute approximate surface area is 218 Å². The highest BCUT2D eigenvalue weighted by molar-refractivity contribution is 6.36. The quantitative estimate of drug-likeness (QED) is 0.350. The van der Waals surface area contributed by atoms with E-state index in [1.165, 1.54) is 0 Å². The number of hydrogen-bond acceptors (Lipinski definition) is 2. The third-order valence-corrected chi connectivity index (χ3v) is 6.49. The number of rotatable bonds is 10. The topological polar surface area (TPSA) is 49.4 Å². The molecule has 0 radical (unpaired) electrons. The predicted molar refractivity (Wildman–Crippen MR) is 144 cm³/mol. The fraction of sp³-hybridized carbons (Fsp3) is 0.310. The van der Waals surface area contributed by atoms with Crippen LogP contribution in [0.4, 0.5) is 0 Å². The number of carbonyl (C=O) groups excluding carboxylic acids is 2. The third kappa shape index (κ3) is 7.84. The standard InChI is InChI=1S/C29H32Cl2N2O2/c1-20(2)18-32-29(35)27(16-22-10-5-4-6-11-22)33(19-24-25(30)13-8-14-26(24)31)28(34)17-23-12-7-9-21(3)15-23/h4-15,20,27H,16-19H2,1-3H3,(H,32,35). The molecule has 0 spiro atoms. The Kier molecular flexibility index (Phi) is 9.76. The van der Waals surface area contributed by atoms with Crippen molar-refractivity contribution < 1.29 is 9.59 Å². The first-order valence-electron chi connectivity index (χ1n) is 11.8. The summed E-state index contributed by atoms with van der Waals surface area (Å²) in [4.78, 5) is 28.9. The second kappa shape index (κ2) is 12.8. The normalized spacial score (nSPS) is 11.8. The molecule has 35 heavy (non-hydrogen) atoms. The summed E-state index contributed by atoms with van der Waals surface area (Å²) in [5, 5.41) is 3.96. The Hall–Kier alpha value is -2.82. The van der Waals surface area contributed by atoms with Crippen molar-refractivity contribution in [3.63, 3.8) is 0 Å². The largest absolute Gasteiger partial charge is 0.354 e. The van der Waals surface area contributed by atoms with Crippen LogP contribution in [0.2, 0.25) is 10.0 Å². The van der Waals surface area contributed by atoms with E-state index in [9.17, 15) is 9.59 Å². The monoisotopic (exact) mass is 510 g/mol. The number of halogens is 2. The molecule has 0 heterocycles. The molecule has 0 aliphatic carbocycles. The van der Waals surface area contributed by atoms with Gasteiger partial charge in [0.2, 0.25) is 11.8 Å². The average Bonchev–Trinajstić information content (AvgIpc) is 2.82. The van der Waals surface area contributed by atoms with E-state index in [1.54, 1.807) is 23.1 Å². The van der Waals surface area contributed by atoms with Gasteiger partial charge in [0.1, 0.15) is 6.04 Å². The molecule has 0 aromatic heterocycles. The number of aryl methyl sites for hydroxylation is 1. The van der Waals surface area contributed by atoms with Crippen molar-refractivity contribution in [2.45, 2.75) is 46.2 Å². The summed E-state index contributed by atoms with van der Waals surface area (Å²) in [6.45, 7) is 6.73. The van der Waals surface area contributed by atoms with Gasteiger partial charge < -0.3 is 10.2 Å². The van der Waals surface area contributed by atoms with Gasteiger partial charge in [-0.15, -0.1) is 0 Å². The first-order chi connectivity index (χ1) is 16.7. The number of amides is 2. The van der Waals surface area contributed by atoms with Crippen molar-refractivity contribution in [3.8, 4) is 0 Å². The van der Waals surface area contributed by atoms with E-state index in [1.807, 2.05) is 75.4 Å². The maximum Gasteiger partial charge on any atom is 0.243 e. The van der Waals surface area contributed by atoms with Gasteiger partial charge >= 0.3 is 0 Å². The van der Waals surface area contributed by atoms with Gasteiger partial charge in [-0.25, -0.2) is 0 Å². The highest BCUT2D eigenvalue weighted by Gasteiger charge is 2.31. The van der Waals surface area contributed by atoms with Gasteiger partial charge in [-0.2, -0.15) is 0 Å². The lowest BCUT2D eigenvalue weighted by Gasteiger charge is -2.32. The van der Waals surface area contributed by atoms with Crippen LogP contribution in [0.15, 0.2) is 72.8 Å². The number of nitrogens with zero attached hydrogens (tertiary/aromatic N) is 1. The zero-order valence-electron chi connectivity index (χ0n) is 20.4. The van der Waals surface area contributed by atoms with E-state index in [0.717, 1.165) is 16.7 Å². The molecule has 2 amide bonds. The molecule has 4 nitrogen and oxygen atoms in total. The van der Waals surface area contributed by atoms with Gasteiger partial charge in [-0.05, 0) is 36.1 Å². The van der Waals surface area contributed by atoms with E-state index in [0.29, 0.717) is 28.6 Å². The van der Waals surface area contributed by atoms with Gasteiger partial charge in [-0.1, -0.05) is 103 Å². The zero-order chi connectivity index (χ0) is 25.4. The highest BCUT2D eigenvalue weighted by Crippen LogP contribution is 2.27. The van der Waals surface area contributed by atoms with Crippen LogP contribution in [0.25, 0.3) is 0 Å². The van der Waals surface area contributed by atoms with Crippen LogP contribution < -0.4 is 5.32 Å². The number of hydrogen-bond donors (Lipinski definition) is 1. The van der Waals surface area contributed by atoms with Crippen LogP contribution in [0, 0.1) is 12.8 Å². The Morgan fingerprint density at radius 3 is 2.14 bits per heavy atom. The molecule has 3 aromatic rings. The Morgan fingerprint density at radius 1 is 0.886 bits per heavy atom. The minimum absolute atomic E-state index is 0.135. The van der Waals surface area contributed by atoms with Crippen molar-refractivity contribution in [2.24, 2.45) is 5.92 Å². The van der Waals surface area contributed by atoms with E-state index in [-0.39, 0.29) is 30.7 Å². The van der Waals surface area contributed by atoms with Gasteiger partial charge in [0.05, 0.1) is 6.42 Å². The molecule has 0 aliphatic heterocycles. The lowest BCUT2D eigenvalue weighted by Crippen LogP contribution is -2.51. The number of carbonyl (C=O) groups is 2. The number of benzene rings is 3. The van der Waals surface area contributed by atoms with Crippen LogP contribution in [0.1, 0.15) is 36.1 Å². The van der Waals surface area contributed by atoms with Gasteiger partial charge in [0.25, 0.3) is 0 Å². The first kappa shape index (κ1) is 26.8. The van der Waals surface area contributed by atoms with Crippen molar-refractivity contribution >= 4 is 35.0 Å². The Balaban J connectivity index is 2.01. The smallest absolute Gasteiger partial charge is 0.243 e. The predicted octanol–water partition coefficient (Wildman–Crippen LogP) is 6.26. The fourth-order valence-electron chi connectivity index (χ4n) is 3.93.